The molecule has 4 heterocycles. The number of fused-ring (bicyclic) bond motifs is 2. The molecule has 1 aliphatic rings. The molecule has 3 aromatic carbocycles. The molecule has 11 nitrogen and oxygen atoms in total. The van der Waals surface area contributed by atoms with Crippen molar-refractivity contribution in [3.05, 3.63) is 123 Å². The summed E-state index contributed by atoms with van der Waals surface area (Å²) in [6.45, 7) is 6.62. The maximum Gasteiger partial charge on any atom is 0.155 e. The number of H-pyrrole nitrogens is 2. The minimum absolute atomic E-state index is 0.112. The number of aromatic amines is 2. The zero-order chi connectivity index (χ0) is 38.7. The van der Waals surface area contributed by atoms with Crippen molar-refractivity contribution < 1.29 is 18.6 Å². The molecule has 2 N–H and O–H groups in total. The highest BCUT2D eigenvalue weighted by Gasteiger charge is 2.25. The number of aromatic nitrogens is 6. The molecule has 0 aliphatic heterocycles. The van der Waals surface area contributed by atoms with Crippen LogP contribution in [0.25, 0.3) is 33.2 Å². The van der Waals surface area contributed by atoms with Crippen LogP contribution in [-0.4, -0.2) is 36.5 Å². The number of benzene rings is 3. The van der Waals surface area contributed by atoms with E-state index in [-0.39, 0.29) is 40.9 Å². The van der Waals surface area contributed by atoms with E-state index in [1.54, 1.807) is 36.7 Å². The van der Waals surface area contributed by atoms with Crippen LogP contribution in [0.4, 0.5) is 4.39 Å². The van der Waals surface area contributed by atoms with E-state index in [4.69, 9.17) is 37.4 Å². The fraction of sp³-hybridized carbons (Fsp3) is 0.220. The first kappa shape index (κ1) is 37.1. The molecule has 0 bridgehead atoms. The molecule has 7 aromatic rings. The molecule has 0 radical (unpaired) electrons. The number of hydrogen-bond acceptors (Lipinski definition) is 9. The lowest BCUT2D eigenvalue weighted by Crippen LogP contribution is -2.14. The largest absolute Gasteiger partial charge is 0.490 e. The number of halogens is 3. The fourth-order valence-electron chi connectivity index (χ4n) is 5.81. The standard InChI is InChI=1S/C23H16ClFN4O2.C18H17ClN4O/c24-19-10-22(30-12-21-16-2-1-7-27-23(16)29-28-21)18(8-13(19)11-26)17-9-15(5-6-20(17)25)31-14-3-4-14;1-18(2,3)13-8-14(19)11(9-20)7-16(13)24-10-15-12-5-4-6-21-17(12)23-22-15/h1-2,5-10,14H,3-4,12H2,(H,27,28,29);4-8H,10H2,1-3H3,(H,21,22,23). The van der Waals surface area contributed by atoms with Crippen LogP contribution in [0.2, 0.25) is 10.0 Å². The first-order valence-corrected chi connectivity index (χ1v) is 18.0. The second kappa shape index (κ2) is 15.6. The number of pyridine rings is 2. The fourth-order valence-corrected chi connectivity index (χ4v) is 6.21. The van der Waals surface area contributed by atoms with E-state index in [1.165, 1.54) is 18.2 Å². The van der Waals surface area contributed by atoms with E-state index in [1.807, 2.05) is 30.3 Å². The maximum absolute atomic E-state index is 14.8. The van der Waals surface area contributed by atoms with E-state index in [2.05, 4.69) is 57.2 Å². The van der Waals surface area contributed by atoms with Crippen LogP contribution >= 0.6 is 23.2 Å². The number of ether oxygens (including phenoxy) is 3. The van der Waals surface area contributed by atoms with Crippen LogP contribution in [0, 0.1) is 28.5 Å². The number of hydrogen-bond donors (Lipinski definition) is 2. The third kappa shape index (κ3) is 8.31. The van der Waals surface area contributed by atoms with E-state index < -0.39 is 5.82 Å². The Morgan fingerprint density at radius 2 is 1.35 bits per heavy atom. The molecular weight excluding hydrogens is 742 g/mol. The van der Waals surface area contributed by atoms with Crippen LogP contribution in [0.5, 0.6) is 17.2 Å². The summed E-state index contributed by atoms with van der Waals surface area (Å²) in [6.07, 6.45) is 5.54. The number of rotatable bonds is 9. The van der Waals surface area contributed by atoms with E-state index >= 15 is 0 Å². The monoisotopic (exact) mass is 774 g/mol. The Morgan fingerprint density at radius 1 is 0.764 bits per heavy atom. The Balaban J connectivity index is 0.000000175. The predicted molar refractivity (Wildman–Crippen MR) is 207 cm³/mol. The van der Waals surface area contributed by atoms with Crippen LogP contribution in [0.1, 0.15) is 61.7 Å². The number of nitriles is 2. The second-order valence-electron chi connectivity index (χ2n) is 13.8. The summed E-state index contributed by atoms with van der Waals surface area (Å²) < 4.78 is 32.6. The smallest absolute Gasteiger partial charge is 0.155 e. The molecule has 276 valence electrons. The number of nitrogens with one attached hydrogen (secondary N) is 2. The van der Waals surface area contributed by atoms with Gasteiger partial charge in [0.1, 0.15) is 59.8 Å². The Kier molecular flexibility index (Phi) is 10.6. The Morgan fingerprint density at radius 3 is 1.93 bits per heavy atom. The highest BCUT2D eigenvalue weighted by atomic mass is 35.5. The molecular formula is C41H33Cl2FN8O3. The lowest BCUT2D eigenvalue weighted by Gasteiger charge is -2.23. The van der Waals surface area contributed by atoms with Crippen LogP contribution in [-0.2, 0) is 18.6 Å². The summed E-state index contributed by atoms with van der Waals surface area (Å²) in [6, 6.07) is 22.7. The molecule has 0 atom stereocenters. The van der Waals surface area contributed by atoms with Gasteiger partial charge in [0.05, 0.1) is 27.3 Å². The van der Waals surface area contributed by atoms with Gasteiger partial charge in [0, 0.05) is 45.9 Å². The first-order chi connectivity index (χ1) is 26.5. The van der Waals surface area contributed by atoms with Crippen molar-refractivity contribution in [3.8, 4) is 40.5 Å². The quantitative estimate of drug-likeness (QED) is 0.146. The second-order valence-corrected chi connectivity index (χ2v) is 14.6. The molecule has 8 rings (SSSR count). The normalized spacial score (nSPS) is 12.4. The lowest BCUT2D eigenvalue weighted by molar-refractivity contribution is 0.294. The topological polar surface area (TPSA) is 158 Å². The summed E-state index contributed by atoms with van der Waals surface area (Å²) in [5.74, 6) is 1.10. The van der Waals surface area contributed by atoms with Crippen molar-refractivity contribution in [2.24, 2.45) is 0 Å². The molecule has 1 fully saturated rings. The van der Waals surface area contributed by atoms with Gasteiger partial charge in [-0.15, -0.1) is 0 Å². The van der Waals surface area contributed by atoms with Crippen molar-refractivity contribution >= 4 is 45.3 Å². The Bertz CT molecular complexity index is 2620. The van der Waals surface area contributed by atoms with Crippen LogP contribution < -0.4 is 14.2 Å². The molecule has 0 amide bonds. The van der Waals surface area contributed by atoms with Crippen LogP contribution in [0.3, 0.4) is 0 Å². The van der Waals surface area contributed by atoms with Crippen molar-refractivity contribution in [1.29, 1.82) is 10.5 Å². The van der Waals surface area contributed by atoms with E-state index in [0.717, 1.165) is 40.5 Å². The van der Waals surface area contributed by atoms with Gasteiger partial charge in [0.15, 0.2) is 11.3 Å². The summed E-state index contributed by atoms with van der Waals surface area (Å²) >= 11 is 12.4. The average molecular weight is 776 g/mol. The highest BCUT2D eigenvalue weighted by molar-refractivity contribution is 6.32. The molecule has 55 heavy (non-hydrogen) atoms. The lowest BCUT2D eigenvalue weighted by atomic mass is 9.86. The molecule has 0 saturated heterocycles. The van der Waals surface area contributed by atoms with Gasteiger partial charge < -0.3 is 14.2 Å². The molecule has 14 heteroatoms. The molecule has 1 saturated carbocycles. The van der Waals surface area contributed by atoms with Gasteiger partial charge >= 0.3 is 0 Å². The minimum Gasteiger partial charge on any atom is -0.490 e. The van der Waals surface area contributed by atoms with Gasteiger partial charge in [-0.1, -0.05) is 44.0 Å². The Labute approximate surface area is 325 Å². The van der Waals surface area contributed by atoms with Crippen LogP contribution in [0.15, 0.2) is 79.1 Å². The van der Waals surface area contributed by atoms with Crippen molar-refractivity contribution in [3.63, 3.8) is 0 Å². The zero-order valence-corrected chi connectivity index (χ0v) is 31.5. The predicted octanol–water partition coefficient (Wildman–Crippen LogP) is 9.77. The summed E-state index contributed by atoms with van der Waals surface area (Å²) in [7, 11) is 0. The molecule has 1 aliphatic carbocycles. The maximum atomic E-state index is 14.8. The molecule has 0 unspecified atom stereocenters. The van der Waals surface area contributed by atoms with Gasteiger partial charge in [0.2, 0.25) is 0 Å². The third-order valence-electron chi connectivity index (χ3n) is 8.80. The minimum atomic E-state index is -0.450. The van der Waals surface area contributed by atoms with Gasteiger partial charge in [0.25, 0.3) is 0 Å². The summed E-state index contributed by atoms with van der Waals surface area (Å²) in [5, 5.41) is 35.3. The van der Waals surface area contributed by atoms with Gasteiger partial charge in [-0.3, -0.25) is 10.2 Å². The van der Waals surface area contributed by atoms with Gasteiger partial charge in [-0.05, 0) is 78.9 Å². The third-order valence-corrected chi connectivity index (χ3v) is 9.43. The highest BCUT2D eigenvalue weighted by Crippen LogP contribution is 2.40. The summed E-state index contributed by atoms with van der Waals surface area (Å²) in [4.78, 5) is 8.43. The molecule has 4 aromatic heterocycles. The SMILES string of the molecule is CC(C)(C)c1cc(Cl)c(C#N)cc1OCc1n[nH]c2ncccc12.N#Cc1cc(-c2cc(OC3CC3)ccc2F)c(OCc2n[nH]c3ncccc23)cc1Cl. The first-order valence-electron chi connectivity index (χ1n) is 17.3. The van der Waals surface area contributed by atoms with E-state index in [0.29, 0.717) is 44.7 Å². The average Bonchev–Trinajstić information content (AvgIpc) is 3.75. The van der Waals surface area contributed by atoms with Gasteiger partial charge in [-0.2, -0.15) is 20.7 Å². The van der Waals surface area contributed by atoms with E-state index in [9.17, 15) is 14.9 Å². The number of nitrogens with zero attached hydrogens (tertiary/aromatic N) is 6. The molecule has 0 spiro atoms. The Hall–Kier alpha value is -6.21. The van der Waals surface area contributed by atoms with Crippen molar-refractivity contribution in [2.75, 3.05) is 0 Å². The van der Waals surface area contributed by atoms with Crippen molar-refractivity contribution in [1.82, 2.24) is 30.4 Å². The van der Waals surface area contributed by atoms with Gasteiger partial charge in [-0.25, -0.2) is 14.4 Å². The van der Waals surface area contributed by atoms with Crippen molar-refractivity contribution in [2.45, 2.75) is 58.3 Å². The summed E-state index contributed by atoms with van der Waals surface area (Å²) in [5.41, 5.74) is 4.89. The zero-order valence-electron chi connectivity index (χ0n) is 30.0.